The molecule has 10 heteroatoms. The number of carbonyl (C=O) groups is 2. The van der Waals surface area contributed by atoms with E-state index in [0.717, 1.165) is 19.4 Å². The fraction of sp³-hybridized carbons (Fsp3) is 0.500. The fourth-order valence-corrected chi connectivity index (χ4v) is 3.42. The molecule has 2 amide bonds. The van der Waals surface area contributed by atoms with E-state index in [1.165, 1.54) is 18.2 Å². The summed E-state index contributed by atoms with van der Waals surface area (Å²) in [5, 5.41) is 14.1. The Morgan fingerprint density at radius 1 is 1.35 bits per heavy atom. The molecule has 2 heterocycles. The van der Waals surface area contributed by atoms with E-state index in [9.17, 15) is 19.7 Å². The second kappa shape index (κ2) is 8.33. The number of hydrogen-bond donors (Lipinski definition) is 2. The predicted octanol–water partition coefficient (Wildman–Crippen LogP) is 0.635. The minimum atomic E-state index is -0.593. The van der Waals surface area contributed by atoms with Gasteiger partial charge in [-0.1, -0.05) is 0 Å². The fourth-order valence-electron chi connectivity index (χ4n) is 3.42. The second-order valence-corrected chi connectivity index (χ2v) is 6.34. The highest BCUT2D eigenvalue weighted by Crippen LogP contribution is 2.25. The Hall–Kier alpha value is -2.39. The molecule has 0 saturated carbocycles. The highest BCUT2D eigenvalue weighted by Gasteiger charge is 2.32. The van der Waals surface area contributed by atoms with Gasteiger partial charge in [0.2, 0.25) is 5.91 Å². The van der Waals surface area contributed by atoms with Gasteiger partial charge in [-0.2, -0.15) is 0 Å². The maximum atomic E-state index is 12.7. The molecule has 1 aromatic carbocycles. The summed E-state index contributed by atoms with van der Waals surface area (Å²) in [5.41, 5.74) is 5.60. The number of hydrogen-bond acceptors (Lipinski definition) is 6. The van der Waals surface area contributed by atoms with Crippen molar-refractivity contribution >= 4 is 35.6 Å². The molecule has 1 atom stereocenters. The lowest BCUT2D eigenvalue weighted by Crippen LogP contribution is -2.57. The molecule has 2 aliphatic rings. The average Bonchev–Trinajstić information content (AvgIpc) is 2.62. The maximum Gasteiger partial charge on any atom is 0.292 e. The van der Waals surface area contributed by atoms with Gasteiger partial charge in [-0.25, -0.2) is 0 Å². The number of rotatable bonds is 3. The number of nitrogens with one attached hydrogen (secondary N) is 1. The van der Waals surface area contributed by atoms with Crippen molar-refractivity contribution in [3.05, 3.63) is 33.9 Å². The van der Waals surface area contributed by atoms with Gasteiger partial charge in [0.05, 0.1) is 11.5 Å². The van der Waals surface area contributed by atoms with Gasteiger partial charge >= 0.3 is 0 Å². The van der Waals surface area contributed by atoms with Crippen LogP contribution < -0.4 is 11.1 Å². The molecule has 0 bridgehead atoms. The van der Waals surface area contributed by atoms with Crippen LogP contribution in [0.25, 0.3) is 0 Å². The molecule has 142 valence electrons. The minimum absolute atomic E-state index is 0. The Balaban J connectivity index is 0.00000243. The van der Waals surface area contributed by atoms with Crippen molar-refractivity contribution in [3.8, 4) is 0 Å². The third kappa shape index (κ3) is 4.05. The van der Waals surface area contributed by atoms with Crippen LogP contribution in [0.4, 0.5) is 11.4 Å². The summed E-state index contributed by atoms with van der Waals surface area (Å²) in [6.45, 7) is 2.74. The average molecular weight is 384 g/mol. The predicted molar refractivity (Wildman–Crippen MR) is 98.3 cm³/mol. The van der Waals surface area contributed by atoms with E-state index in [1.54, 1.807) is 4.90 Å². The molecule has 0 radical (unpaired) electrons. The van der Waals surface area contributed by atoms with E-state index < -0.39 is 4.92 Å². The lowest BCUT2D eigenvalue weighted by atomic mass is 10.0. The largest absolute Gasteiger partial charge is 0.393 e. The molecule has 2 aliphatic heterocycles. The Labute approximate surface area is 157 Å². The second-order valence-electron chi connectivity index (χ2n) is 6.34. The lowest BCUT2D eigenvalue weighted by Gasteiger charge is -2.41. The van der Waals surface area contributed by atoms with Crippen molar-refractivity contribution in [1.29, 1.82) is 0 Å². The third-order valence-corrected chi connectivity index (χ3v) is 4.72. The van der Waals surface area contributed by atoms with Crippen molar-refractivity contribution < 1.29 is 14.5 Å². The number of likely N-dealkylation sites (tertiary alicyclic amines) is 1. The van der Waals surface area contributed by atoms with Crippen LogP contribution in [-0.4, -0.2) is 65.3 Å². The van der Waals surface area contributed by atoms with Crippen LogP contribution in [0.1, 0.15) is 23.2 Å². The number of carbonyl (C=O) groups excluding carboxylic acids is 2. The number of halogens is 1. The molecular formula is C16H22ClN5O4. The number of nitrogen functional groups attached to an aromatic ring is 1. The van der Waals surface area contributed by atoms with E-state index in [2.05, 4.69) is 5.32 Å². The van der Waals surface area contributed by atoms with E-state index >= 15 is 0 Å². The zero-order chi connectivity index (χ0) is 18.0. The molecule has 26 heavy (non-hydrogen) atoms. The summed E-state index contributed by atoms with van der Waals surface area (Å²) in [7, 11) is 0. The quantitative estimate of drug-likeness (QED) is 0.448. The highest BCUT2D eigenvalue weighted by atomic mass is 35.5. The first-order valence-corrected chi connectivity index (χ1v) is 8.30. The van der Waals surface area contributed by atoms with Crippen molar-refractivity contribution in [2.75, 3.05) is 38.5 Å². The van der Waals surface area contributed by atoms with E-state index in [1.807, 2.05) is 4.90 Å². The summed E-state index contributed by atoms with van der Waals surface area (Å²) in [4.78, 5) is 38.7. The summed E-state index contributed by atoms with van der Waals surface area (Å²) < 4.78 is 0. The van der Waals surface area contributed by atoms with Gasteiger partial charge in [0, 0.05) is 43.9 Å². The van der Waals surface area contributed by atoms with Gasteiger partial charge in [0.15, 0.2) is 0 Å². The number of benzene rings is 1. The molecule has 1 unspecified atom stereocenters. The van der Waals surface area contributed by atoms with Gasteiger partial charge in [-0.15, -0.1) is 12.4 Å². The Bertz CT molecular complexity index is 714. The van der Waals surface area contributed by atoms with Gasteiger partial charge in [-0.3, -0.25) is 19.7 Å². The van der Waals surface area contributed by atoms with Crippen molar-refractivity contribution in [2.45, 2.75) is 18.9 Å². The Morgan fingerprint density at radius 2 is 2.12 bits per heavy atom. The molecule has 3 rings (SSSR count). The highest BCUT2D eigenvalue weighted by molar-refractivity contribution is 5.95. The molecular weight excluding hydrogens is 362 g/mol. The molecule has 0 aliphatic carbocycles. The number of piperazine rings is 1. The molecule has 0 aromatic heterocycles. The zero-order valence-corrected chi connectivity index (χ0v) is 15.0. The van der Waals surface area contributed by atoms with Gasteiger partial charge in [0.25, 0.3) is 11.6 Å². The molecule has 1 aromatic rings. The zero-order valence-electron chi connectivity index (χ0n) is 14.2. The Kier molecular flexibility index (Phi) is 6.38. The monoisotopic (exact) mass is 383 g/mol. The van der Waals surface area contributed by atoms with Gasteiger partial charge in [0.1, 0.15) is 5.69 Å². The number of amides is 2. The van der Waals surface area contributed by atoms with E-state index in [4.69, 9.17) is 5.73 Å². The van der Waals surface area contributed by atoms with Crippen molar-refractivity contribution in [1.82, 2.24) is 15.1 Å². The minimum Gasteiger partial charge on any atom is -0.393 e. The smallest absolute Gasteiger partial charge is 0.292 e. The van der Waals surface area contributed by atoms with Crippen LogP contribution >= 0.6 is 12.4 Å². The van der Waals surface area contributed by atoms with E-state index in [0.29, 0.717) is 26.2 Å². The van der Waals surface area contributed by atoms with Crippen molar-refractivity contribution in [2.24, 2.45) is 0 Å². The molecule has 0 spiro atoms. The SMILES string of the molecule is Cl.Nc1ccc(C(=O)N2CCCC(N3CCNCC3=O)C2)cc1[N+](=O)[O-]. The number of anilines is 1. The number of nitro groups is 1. The normalized spacial score (nSPS) is 20.5. The number of nitro benzene ring substituents is 1. The van der Waals surface area contributed by atoms with Crippen molar-refractivity contribution in [3.63, 3.8) is 0 Å². The molecule has 2 saturated heterocycles. The first-order chi connectivity index (χ1) is 12.0. The number of piperidine rings is 1. The number of nitrogens with zero attached hydrogens (tertiary/aromatic N) is 3. The van der Waals surface area contributed by atoms with Gasteiger partial charge in [-0.05, 0) is 25.0 Å². The third-order valence-electron chi connectivity index (χ3n) is 4.72. The topological polar surface area (TPSA) is 122 Å². The van der Waals surface area contributed by atoms with E-state index in [-0.39, 0.29) is 47.2 Å². The summed E-state index contributed by atoms with van der Waals surface area (Å²) in [6, 6.07) is 4.10. The summed E-state index contributed by atoms with van der Waals surface area (Å²) in [5.74, 6) is -0.218. The molecule has 9 nitrogen and oxygen atoms in total. The standard InChI is InChI=1S/C16H21N5O4.ClH/c17-13-4-3-11(8-14(13)21(24)25)16(23)19-6-1-2-12(10-19)20-7-5-18-9-15(20)22;/h3-4,8,12,18H,1-2,5-7,9-10,17H2;1H. The van der Waals surface area contributed by atoms with Crippen LogP contribution in [0.5, 0.6) is 0 Å². The summed E-state index contributed by atoms with van der Waals surface area (Å²) in [6.07, 6.45) is 1.65. The van der Waals surface area contributed by atoms with Crippen LogP contribution in [0, 0.1) is 10.1 Å². The number of nitrogens with two attached hydrogens (primary N) is 1. The molecule has 2 fully saturated rings. The van der Waals surface area contributed by atoms with Crippen LogP contribution in [0.15, 0.2) is 18.2 Å². The van der Waals surface area contributed by atoms with Crippen LogP contribution in [-0.2, 0) is 4.79 Å². The van der Waals surface area contributed by atoms with Gasteiger partial charge < -0.3 is 20.9 Å². The van der Waals surface area contributed by atoms with Crippen LogP contribution in [0.3, 0.4) is 0 Å². The first kappa shape index (κ1) is 19.9. The molecule has 3 N–H and O–H groups in total. The Morgan fingerprint density at radius 3 is 2.81 bits per heavy atom. The lowest BCUT2D eigenvalue weighted by molar-refractivity contribution is -0.383. The van der Waals surface area contributed by atoms with Crippen LogP contribution in [0.2, 0.25) is 0 Å². The first-order valence-electron chi connectivity index (χ1n) is 8.30. The maximum absolute atomic E-state index is 12.7. The summed E-state index contributed by atoms with van der Waals surface area (Å²) >= 11 is 0.